The predicted octanol–water partition coefficient (Wildman–Crippen LogP) is 4.74. The van der Waals surface area contributed by atoms with E-state index < -0.39 is 21.5 Å². The smallest absolute Gasteiger partial charge is 0.330 e. The number of nitrogens with zero attached hydrogens (tertiary/aromatic N) is 1. The van der Waals surface area contributed by atoms with Gasteiger partial charge in [-0.2, -0.15) is 0 Å². The van der Waals surface area contributed by atoms with Gasteiger partial charge < -0.3 is 14.6 Å². The zero-order valence-electron chi connectivity index (χ0n) is 16.7. The van der Waals surface area contributed by atoms with Gasteiger partial charge in [0.25, 0.3) is 3.79 Å². The molecule has 1 unspecified atom stereocenters. The van der Waals surface area contributed by atoms with Crippen LogP contribution in [0.1, 0.15) is 16.9 Å². The minimum Gasteiger partial charge on any atom is -0.466 e. The van der Waals surface area contributed by atoms with Gasteiger partial charge in [-0.1, -0.05) is 53.0 Å². The van der Waals surface area contributed by atoms with Crippen molar-refractivity contribution in [1.29, 1.82) is 0 Å². The first-order chi connectivity index (χ1) is 14.6. The molecule has 1 N–H and O–H groups in total. The van der Waals surface area contributed by atoms with E-state index in [1.807, 2.05) is 24.3 Å². The fourth-order valence-electron chi connectivity index (χ4n) is 3.37. The molecule has 1 aromatic carbocycles. The van der Waals surface area contributed by atoms with E-state index in [1.54, 1.807) is 24.2 Å². The van der Waals surface area contributed by atoms with Gasteiger partial charge in [-0.05, 0) is 23.8 Å². The third-order valence-electron chi connectivity index (χ3n) is 4.83. The maximum absolute atomic E-state index is 13.1. The third kappa shape index (κ3) is 5.39. The number of hydrogen-bond acceptors (Lipinski definition) is 5. The number of aromatic nitrogens is 1. The van der Waals surface area contributed by atoms with Crippen LogP contribution in [0, 0.1) is 5.92 Å². The Hall–Kier alpha value is -2.54. The molecule has 162 valence electrons. The average molecular weight is 482 g/mol. The number of fused-ring (bicyclic) bond motifs is 1. The lowest BCUT2D eigenvalue weighted by molar-refractivity contribution is -0.134. The van der Waals surface area contributed by atoms with Crippen molar-refractivity contribution in [1.82, 2.24) is 9.88 Å². The molecule has 0 bridgehead atoms. The summed E-state index contributed by atoms with van der Waals surface area (Å²) in [6.45, 7) is 0. The number of alkyl halides is 3. The predicted molar refractivity (Wildman–Crippen MR) is 121 cm³/mol. The number of Topliss-reactive ketones (excluding diaryl/α,β-unsaturated/α-hetero) is 2. The zero-order chi connectivity index (χ0) is 22.8. The molecule has 9 heteroatoms. The molecule has 0 radical (unpaired) electrons. The first-order valence-electron chi connectivity index (χ1n) is 9.24. The highest BCUT2D eigenvalue weighted by atomic mass is 35.6. The maximum atomic E-state index is 13.1. The van der Waals surface area contributed by atoms with Crippen molar-refractivity contribution in [2.24, 2.45) is 5.92 Å². The van der Waals surface area contributed by atoms with Crippen molar-refractivity contribution in [3.8, 4) is 0 Å². The van der Waals surface area contributed by atoms with E-state index in [9.17, 15) is 14.4 Å². The SMILES string of the molecule is COC(=O)/C=C/C1=CN(C)C=C(C(=O)C(Cl)(Cl)Cl)C1CC(=O)c1cc2ccccc2[nH]1. The van der Waals surface area contributed by atoms with Crippen LogP contribution in [0.5, 0.6) is 0 Å². The fourth-order valence-corrected chi connectivity index (χ4v) is 3.70. The lowest BCUT2D eigenvalue weighted by Crippen LogP contribution is -2.31. The highest BCUT2D eigenvalue weighted by Crippen LogP contribution is 2.38. The van der Waals surface area contributed by atoms with Crippen LogP contribution in [0.3, 0.4) is 0 Å². The quantitative estimate of drug-likeness (QED) is 0.279. The molecule has 0 aliphatic carbocycles. The van der Waals surface area contributed by atoms with Gasteiger partial charge in [-0.3, -0.25) is 9.59 Å². The minimum atomic E-state index is -2.19. The molecular weight excluding hydrogens is 463 g/mol. The van der Waals surface area contributed by atoms with Crippen molar-refractivity contribution < 1.29 is 19.1 Å². The normalized spacial score (nSPS) is 16.9. The highest BCUT2D eigenvalue weighted by molar-refractivity contribution is 6.77. The summed E-state index contributed by atoms with van der Waals surface area (Å²) in [5, 5.41) is 0.892. The molecule has 1 aromatic heterocycles. The maximum Gasteiger partial charge on any atom is 0.330 e. The van der Waals surface area contributed by atoms with Gasteiger partial charge in [-0.25, -0.2) is 4.79 Å². The molecule has 2 aromatic rings. The molecule has 2 heterocycles. The third-order valence-corrected chi connectivity index (χ3v) is 5.34. The number of benzene rings is 1. The number of hydrogen-bond donors (Lipinski definition) is 1. The van der Waals surface area contributed by atoms with Crippen LogP contribution in [-0.2, 0) is 14.3 Å². The van der Waals surface area contributed by atoms with Crippen molar-refractivity contribution >= 4 is 63.2 Å². The highest BCUT2D eigenvalue weighted by Gasteiger charge is 2.39. The van der Waals surface area contributed by atoms with Crippen LogP contribution in [0.4, 0.5) is 0 Å². The summed E-state index contributed by atoms with van der Waals surface area (Å²) in [4.78, 5) is 42.2. The Labute approximate surface area is 194 Å². The molecule has 1 aliphatic heterocycles. The van der Waals surface area contributed by atoms with Crippen molar-refractivity contribution in [3.05, 3.63) is 71.7 Å². The lowest BCUT2D eigenvalue weighted by atomic mass is 9.83. The number of halogens is 3. The summed E-state index contributed by atoms with van der Waals surface area (Å²) < 4.78 is 2.44. The first kappa shape index (κ1) is 23.1. The number of carbonyl (C=O) groups is 3. The molecule has 6 nitrogen and oxygen atoms in total. The van der Waals surface area contributed by atoms with E-state index in [0.717, 1.165) is 10.9 Å². The fraction of sp³-hybridized carbons (Fsp3) is 0.227. The summed E-state index contributed by atoms with van der Waals surface area (Å²) in [6.07, 6.45) is 5.84. The first-order valence-corrected chi connectivity index (χ1v) is 10.4. The summed E-state index contributed by atoms with van der Waals surface area (Å²) in [6, 6.07) is 9.24. The molecule has 0 fully saturated rings. The van der Waals surface area contributed by atoms with Crippen LogP contribution in [0.2, 0.25) is 0 Å². The molecule has 3 rings (SSSR count). The molecule has 0 saturated carbocycles. The van der Waals surface area contributed by atoms with Gasteiger partial charge in [-0.15, -0.1) is 0 Å². The summed E-state index contributed by atoms with van der Waals surface area (Å²) in [5.74, 6) is -2.27. The minimum absolute atomic E-state index is 0.0731. The van der Waals surface area contributed by atoms with Crippen molar-refractivity contribution in [2.75, 3.05) is 14.2 Å². The van der Waals surface area contributed by atoms with Gasteiger partial charge in [0.2, 0.25) is 5.78 Å². The number of methoxy groups -OCH3 is 1. The molecule has 31 heavy (non-hydrogen) atoms. The van der Waals surface area contributed by atoms with E-state index in [2.05, 4.69) is 9.72 Å². The second kappa shape index (κ2) is 9.30. The van der Waals surface area contributed by atoms with Gasteiger partial charge in [0.15, 0.2) is 5.78 Å². The number of aromatic amines is 1. The summed E-state index contributed by atoms with van der Waals surface area (Å²) in [7, 11) is 2.94. The van der Waals surface area contributed by atoms with E-state index >= 15 is 0 Å². The molecular formula is C22H19Cl3N2O4. The topological polar surface area (TPSA) is 79.5 Å². The Bertz CT molecular complexity index is 1090. The van der Waals surface area contributed by atoms with Crippen molar-refractivity contribution in [3.63, 3.8) is 0 Å². The van der Waals surface area contributed by atoms with E-state index in [-0.39, 0.29) is 17.8 Å². The van der Waals surface area contributed by atoms with Crippen LogP contribution >= 0.6 is 34.8 Å². The van der Waals surface area contributed by atoms with Gasteiger partial charge in [0.05, 0.1) is 12.8 Å². The zero-order valence-corrected chi connectivity index (χ0v) is 19.0. The summed E-state index contributed by atoms with van der Waals surface area (Å²) >= 11 is 17.6. The Morgan fingerprint density at radius 1 is 1.19 bits per heavy atom. The van der Waals surface area contributed by atoms with Crippen molar-refractivity contribution in [2.45, 2.75) is 10.2 Å². The monoisotopic (exact) mass is 480 g/mol. The number of ketones is 2. The van der Waals surface area contributed by atoms with Gasteiger partial charge in [0.1, 0.15) is 0 Å². The van der Waals surface area contributed by atoms with Crippen LogP contribution < -0.4 is 0 Å². The van der Waals surface area contributed by atoms with Crippen LogP contribution in [-0.4, -0.2) is 45.4 Å². The van der Waals surface area contributed by atoms with E-state index in [1.165, 1.54) is 25.5 Å². The Balaban J connectivity index is 1.98. The standard InChI is InChI=1S/C22H19Cl3N2O4/c1-27-11-14(7-8-20(29)31-2)15(16(12-27)21(30)22(23,24)25)10-19(28)18-9-13-5-3-4-6-17(13)26-18/h3-9,11-12,15,26H,10H2,1-2H3/b8-7+. The number of esters is 1. The number of ether oxygens (including phenoxy) is 1. The molecule has 1 aliphatic rings. The number of H-pyrrole nitrogens is 1. The molecule has 1 atom stereocenters. The molecule has 0 amide bonds. The van der Waals surface area contributed by atoms with Gasteiger partial charge in [0, 0.05) is 54.3 Å². The van der Waals surface area contributed by atoms with Gasteiger partial charge >= 0.3 is 5.97 Å². The lowest BCUT2D eigenvalue weighted by Gasteiger charge is -2.29. The number of carbonyl (C=O) groups excluding carboxylic acids is 3. The Kier molecular flexibility index (Phi) is 6.94. The number of nitrogens with one attached hydrogen (secondary N) is 1. The molecule has 0 saturated heterocycles. The summed E-state index contributed by atoms with van der Waals surface area (Å²) in [5.41, 5.74) is 1.90. The number of rotatable bonds is 6. The molecule has 0 spiro atoms. The second-order valence-electron chi connectivity index (χ2n) is 7.01. The number of allylic oxidation sites excluding steroid dienone is 3. The Morgan fingerprint density at radius 2 is 1.90 bits per heavy atom. The van der Waals surface area contributed by atoms with E-state index in [0.29, 0.717) is 11.3 Å². The van der Waals surface area contributed by atoms with Crippen LogP contribution in [0.25, 0.3) is 10.9 Å². The van der Waals surface area contributed by atoms with Crippen LogP contribution in [0.15, 0.2) is 66.0 Å². The average Bonchev–Trinajstić information content (AvgIpc) is 3.16. The largest absolute Gasteiger partial charge is 0.466 e. The van der Waals surface area contributed by atoms with E-state index in [4.69, 9.17) is 34.8 Å². The Morgan fingerprint density at radius 3 is 2.55 bits per heavy atom. The number of para-hydroxylation sites is 1. The second-order valence-corrected chi connectivity index (χ2v) is 9.29.